The van der Waals surface area contributed by atoms with E-state index >= 15 is 0 Å². The maximum absolute atomic E-state index is 12.5. The Morgan fingerprint density at radius 1 is 1.23 bits per heavy atom. The summed E-state index contributed by atoms with van der Waals surface area (Å²) in [7, 11) is -3.95. The number of sulfonamides is 1. The first-order chi connectivity index (χ1) is 10.4. The second-order valence-corrected chi connectivity index (χ2v) is 6.71. The summed E-state index contributed by atoms with van der Waals surface area (Å²) >= 11 is 6.04. The van der Waals surface area contributed by atoms with E-state index in [1.807, 2.05) is 0 Å². The number of fused-ring (bicyclic) bond motifs is 1. The number of benzene rings is 1. The van der Waals surface area contributed by atoms with Crippen molar-refractivity contribution in [1.29, 1.82) is 0 Å². The molecule has 0 radical (unpaired) electrons. The number of halogens is 1. The molecule has 3 aromatic rings. The van der Waals surface area contributed by atoms with E-state index in [0.29, 0.717) is 16.3 Å². The summed E-state index contributed by atoms with van der Waals surface area (Å²) in [5, 5.41) is 3.94. The van der Waals surface area contributed by atoms with Crippen molar-refractivity contribution in [2.75, 3.05) is 4.72 Å². The van der Waals surface area contributed by atoms with Gasteiger partial charge in [-0.15, -0.1) is 5.10 Å². The Morgan fingerprint density at radius 3 is 2.68 bits per heavy atom. The first kappa shape index (κ1) is 14.7. The summed E-state index contributed by atoms with van der Waals surface area (Å²) in [5.74, 6) is 0.219. The lowest BCUT2D eigenvalue weighted by Crippen LogP contribution is -2.16. The predicted molar refractivity (Wildman–Crippen MR) is 82.5 cm³/mol. The number of anilines is 1. The van der Waals surface area contributed by atoms with E-state index in [4.69, 9.17) is 11.6 Å². The van der Waals surface area contributed by atoms with Crippen LogP contribution < -0.4 is 4.72 Å². The molecule has 7 nitrogen and oxygen atoms in total. The molecule has 0 bridgehead atoms. The van der Waals surface area contributed by atoms with Crippen LogP contribution in [0.4, 0.5) is 5.69 Å². The first-order valence-corrected chi connectivity index (χ1v) is 8.21. The molecule has 0 atom stereocenters. The molecule has 0 spiro atoms. The van der Waals surface area contributed by atoms with Crippen LogP contribution in [0.3, 0.4) is 0 Å². The predicted octanol–water partition coefficient (Wildman–Crippen LogP) is 2.20. The molecule has 0 saturated heterocycles. The third-order valence-electron chi connectivity index (χ3n) is 3.11. The number of rotatable bonds is 3. The number of aryl methyl sites for hydroxylation is 2. The van der Waals surface area contributed by atoms with Crippen LogP contribution in [0.2, 0.25) is 5.02 Å². The van der Waals surface area contributed by atoms with E-state index in [2.05, 4.69) is 19.8 Å². The van der Waals surface area contributed by atoms with Crippen LogP contribution in [0.15, 0.2) is 35.6 Å². The van der Waals surface area contributed by atoms with Crippen molar-refractivity contribution in [3.8, 4) is 0 Å². The molecule has 1 aromatic carbocycles. The van der Waals surface area contributed by atoms with Gasteiger partial charge < -0.3 is 0 Å². The number of nitrogens with zero attached hydrogens (tertiary/aromatic N) is 4. The van der Waals surface area contributed by atoms with E-state index in [0.717, 1.165) is 5.69 Å². The van der Waals surface area contributed by atoms with Gasteiger partial charge in [-0.2, -0.15) is 13.4 Å². The van der Waals surface area contributed by atoms with Crippen molar-refractivity contribution in [3.05, 3.63) is 46.7 Å². The second-order valence-electron chi connectivity index (χ2n) is 4.73. The molecule has 0 saturated carbocycles. The zero-order valence-corrected chi connectivity index (χ0v) is 13.4. The quantitative estimate of drug-likeness (QED) is 0.791. The van der Waals surface area contributed by atoms with Gasteiger partial charge in [-0.3, -0.25) is 4.72 Å². The summed E-state index contributed by atoms with van der Waals surface area (Å²) in [6.45, 7) is 3.54. The smallest absolute Gasteiger partial charge is 0.275 e. The molecule has 114 valence electrons. The number of para-hydroxylation sites is 1. The van der Waals surface area contributed by atoms with Crippen LogP contribution in [0, 0.1) is 13.8 Å². The molecule has 22 heavy (non-hydrogen) atoms. The highest BCUT2D eigenvalue weighted by molar-refractivity contribution is 7.92. The van der Waals surface area contributed by atoms with Gasteiger partial charge in [0.1, 0.15) is 0 Å². The summed E-state index contributed by atoms with van der Waals surface area (Å²) in [4.78, 5) is 7.94. The Morgan fingerprint density at radius 2 is 2.00 bits per heavy atom. The lowest BCUT2D eigenvalue weighted by molar-refractivity contribution is 0.592. The van der Waals surface area contributed by atoms with Gasteiger partial charge in [0.15, 0.2) is 0 Å². The summed E-state index contributed by atoms with van der Waals surface area (Å²) in [5.41, 5.74) is 1.75. The van der Waals surface area contributed by atoms with Gasteiger partial charge in [0.05, 0.1) is 10.7 Å². The molecule has 0 aliphatic rings. The Labute approximate surface area is 132 Å². The maximum Gasteiger partial charge on any atom is 0.299 e. The van der Waals surface area contributed by atoms with Gasteiger partial charge in [-0.1, -0.05) is 23.7 Å². The fourth-order valence-electron chi connectivity index (χ4n) is 1.94. The molecule has 1 N–H and O–H groups in total. The highest BCUT2D eigenvalue weighted by Gasteiger charge is 2.23. The van der Waals surface area contributed by atoms with E-state index < -0.39 is 10.0 Å². The largest absolute Gasteiger partial charge is 0.299 e. The zero-order valence-electron chi connectivity index (χ0n) is 11.8. The molecule has 0 aliphatic carbocycles. The van der Waals surface area contributed by atoms with Crippen LogP contribution in [0.5, 0.6) is 0 Å². The number of aromatic nitrogens is 4. The van der Waals surface area contributed by atoms with Gasteiger partial charge in [0.25, 0.3) is 21.0 Å². The van der Waals surface area contributed by atoms with Gasteiger partial charge in [-0.05, 0) is 31.5 Å². The van der Waals surface area contributed by atoms with Crippen molar-refractivity contribution in [3.63, 3.8) is 0 Å². The number of hydrogen-bond acceptors (Lipinski definition) is 5. The summed E-state index contributed by atoms with van der Waals surface area (Å²) in [6.07, 6.45) is 1.54. The lowest BCUT2D eigenvalue weighted by atomic mass is 10.2. The minimum absolute atomic E-state index is 0.219. The van der Waals surface area contributed by atoms with Crippen molar-refractivity contribution in [2.24, 2.45) is 0 Å². The van der Waals surface area contributed by atoms with E-state index in [-0.39, 0.29) is 10.9 Å². The monoisotopic (exact) mass is 337 g/mol. The van der Waals surface area contributed by atoms with Crippen molar-refractivity contribution < 1.29 is 8.42 Å². The lowest BCUT2D eigenvalue weighted by Gasteiger charge is -2.09. The molecular weight excluding hydrogens is 326 g/mol. The number of nitrogens with one attached hydrogen (secondary N) is 1. The fourth-order valence-corrected chi connectivity index (χ4v) is 3.29. The van der Waals surface area contributed by atoms with Crippen LogP contribution in [-0.4, -0.2) is 28.0 Å². The Balaban J connectivity index is 2.07. The van der Waals surface area contributed by atoms with Crippen LogP contribution >= 0.6 is 11.6 Å². The molecule has 2 heterocycles. The molecule has 0 aliphatic heterocycles. The Kier molecular flexibility index (Phi) is 3.50. The summed E-state index contributed by atoms with van der Waals surface area (Å²) < 4.78 is 28.7. The second kappa shape index (κ2) is 5.22. The minimum Gasteiger partial charge on any atom is -0.275 e. The Hall–Kier alpha value is -2.19. The van der Waals surface area contributed by atoms with E-state index in [1.165, 1.54) is 4.52 Å². The van der Waals surface area contributed by atoms with Crippen LogP contribution in [-0.2, 0) is 10.0 Å². The first-order valence-electron chi connectivity index (χ1n) is 6.35. The molecule has 0 amide bonds. The normalized spacial score (nSPS) is 11.8. The standard InChI is InChI=1S/C13H12ClN5O2S/c1-8-4-3-5-10(14)11(8)18-22(20,21)13-16-12-15-7-6-9(2)19(12)17-13/h3-7,18H,1-2H3. The Bertz CT molecular complexity index is 947. The topological polar surface area (TPSA) is 89.2 Å². The van der Waals surface area contributed by atoms with Gasteiger partial charge in [0.2, 0.25) is 0 Å². The summed E-state index contributed by atoms with van der Waals surface area (Å²) in [6, 6.07) is 6.82. The third kappa shape index (κ3) is 2.51. The highest BCUT2D eigenvalue weighted by Crippen LogP contribution is 2.27. The third-order valence-corrected chi connectivity index (χ3v) is 4.55. The zero-order chi connectivity index (χ0) is 15.9. The van der Waals surface area contributed by atoms with Crippen molar-refractivity contribution in [2.45, 2.75) is 19.0 Å². The molecular formula is C13H12ClN5O2S. The van der Waals surface area contributed by atoms with Gasteiger partial charge in [0, 0.05) is 11.9 Å². The molecule has 2 aromatic heterocycles. The molecule has 0 unspecified atom stereocenters. The average Bonchev–Trinajstić information content (AvgIpc) is 2.90. The SMILES string of the molecule is Cc1cccc(Cl)c1NS(=O)(=O)c1nc2nccc(C)n2n1. The van der Waals surface area contributed by atoms with Gasteiger partial charge >= 0.3 is 0 Å². The van der Waals surface area contributed by atoms with Crippen LogP contribution in [0.1, 0.15) is 11.3 Å². The fraction of sp³-hybridized carbons (Fsp3) is 0.154. The molecule has 9 heteroatoms. The highest BCUT2D eigenvalue weighted by atomic mass is 35.5. The number of hydrogen-bond donors (Lipinski definition) is 1. The van der Waals surface area contributed by atoms with Crippen molar-refractivity contribution >= 4 is 33.1 Å². The minimum atomic E-state index is -3.95. The van der Waals surface area contributed by atoms with Gasteiger partial charge in [-0.25, -0.2) is 9.50 Å². The average molecular weight is 338 g/mol. The van der Waals surface area contributed by atoms with E-state index in [1.54, 1.807) is 44.3 Å². The molecule has 0 fully saturated rings. The van der Waals surface area contributed by atoms with E-state index in [9.17, 15) is 8.42 Å². The van der Waals surface area contributed by atoms with Crippen LogP contribution in [0.25, 0.3) is 5.78 Å². The maximum atomic E-state index is 12.5. The molecule has 3 rings (SSSR count). The van der Waals surface area contributed by atoms with Crippen molar-refractivity contribution in [1.82, 2.24) is 19.6 Å².